The molecule has 0 aliphatic heterocycles. The number of nitrogens with two attached hydrogens (primary N) is 1. The van der Waals surface area contributed by atoms with E-state index in [9.17, 15) is 26.4 Å². The Bertz CT molecular complexity index is 917. The Morgan fingerprint density at radius 3 is 2.35 bits per heavy atom. The van der Waals surface area contributed by atoms with Gasteiger partial charge in [0.2, 0.25) is 15.9 Å². The van der Waals surface area contributed by atoms with Crippen LogP contribution in [0.15, 0.2) is 53.4 Å². The average Bonchev–Trinajstić information content (AvgIpc) is 2.55. The molecule has 0 atom stereocenters. The van der Waals surface area contributed by atoms with Gasteiger partial charge in [0.15, 0.2) is 0 Å². The monoisotopic (exact) mass is 406 g/mol. The van der Waals surface area contributed by atoms with Crippen LogP contribution < -0.4 is 5.73 Å². The zero-order valence-electron chi connectivity index (χ0n) is 13.2. The van der Waals surface area contributed by atoms with Crippen molar-refractivity contribution in [2.75, 3.05) is 6.54 Å². The van der Waals surface area contributed by atoms with Crippen LogP contribution >= 0.6 is 11.6 Å². The highest BCUT2D eigenvalue weighted by molar-refractivity contribution is 7.89. The maximum absolute atomic E-state index is 12.9. The molecule has 0 bridgehead atoms. The van der Waals surface area contributed by atoms with Gasteiger partial charge in [-0.15, -0.1) is 0 Å². The van der Waals surface area contributed by atoms with Crippen LogP contribution in [0.3, 0.4) is 0 Å². The van der Waals surface area contributed by atoms with E-state index in [0.29, 0.717) is 15.9 Å². The molecule has 1 amide bonds. The minimum absolute atomic E-state index is 0.251. The molecule has 0 saturated carbocycles. The van der Waals surface area contributed by atoms with E-state index in [1.807, 2.05) is 0 Å². The fraction of sp³-hybridized carbons (Fsp3) is 0.188. The molecule has 5 nitrogen and oxygen atoms in total. The van der Waals surface area contributed by atoms with Gasteiger partial charge in [-0.05, 0) is 29.8 Å². The van der Waals surface area contributed by atoms with Crippen molar-refractivity contribution in [2.24, 2.45) is 5.73 Å². The molecule has 0 aliphatic rings. The van der Waals surface area contributed by atoms with E-state index in [1.165, 1.54) is 12.1 Å². The molecule has 0 spiro atoms. The van der Waals surface area contributed by atoms with E-state index in [-0.39, 0.29) is 11.6 Å². The standard InChI is InChI=1S/C16H14ClF3N2O3S/c17-14-7-2-1-4-11(14)9-22(10-15(21)23)26(24,25)13-6-3-5-12(8-13)16(18,19)20/h1-8H,9-10H2,(H2,21,23). The van der Waals surface area contributed by atoms with Gasteiger partial charge in [0.25, 0.3) is 0 Å². The number of alkyl halides is 3. The van der Waals surface area contributed by atoms with Crippen LogP contribution in [0.2, 0.25) is 5.02 Å². The molecule has 0 unspecified atom stereocenters. The summed E-state index contributed by atoms with van der Waals surface area (Å²) in [5.41, 5.74) is 4.37. The molecule has 0 fully saturated rings. The third-order valence-corrected chi connectivity index (χ3v) is 5.59. The van der Waals surface area contributed by atoms with Crippen LogP contribution in [-0.2, 0) is 27.5 Å². The maximum Gasteiger partial charge on any atom is 0.416 e. The first-order valence-electron chi connectivity index (χ1n) is 7.21. The van der Waals surface area contributed by atoms with Gasteiger partial charge in [0.05, 0.1) is 17.0 Å². The van der Waals surface area contributed by atoms with E-state index in [1.54, 1.807) is 12.1 Å². The lowest BCUT2D eigenvalue weighted by Gasteiger charge is -2.22. The second-order valence-corrected chi connectivity index (χ2v) is 7.70. The summed E-state index contributed by atoms with van der Waals surface area (Å²) in [7, 11) is -4.42. The Morgan fingerprint density at radius 1 is 1.12 bits per heavy atom. The normalized spacial score (nSPS) is 12.3. The van der Waals surface area contributed by atoms with Crippen LogP contribution in [0.1, 0.15) is 11.1 Å². The van der Waals surface area contributed by atoms with Crippen molar-refractivity contribution in [2.45, 2.75) is 17.6 Å². The molecule has 2 aromatic carbocycles. The molecule has 10 heteroatoms. The fourth-order valence-corrected chi connectivity index (χ4v) is 3.82. The van der Waals surface area contributed by atoms with Gasteiger partial charge in [-0.2, -0.15) is 17.5 Å². The molecule has 0 aromatic heterocycles. The zero-order valence-corrected chi connectivity index (χ0v) is 14.8. The Morgan fingerprint density at radius 2 is 1.77 bits per heavy atom. The van der Waals surface area contributed by atoms with Crippen molar-refractivity contribution in [3.05, 3.63) is 64.7 Å². The largest absolute Gasteiger partial charge is 0.416 e. The summed E-state index contributed by atoms with van der Waals surface area (Å²) in [5.74, 6) is -0.951. The third kappa shape index (κ3) is 4.75. The highest BCUT2D eigenvalue weighted by atomic mass is 35.5. The molecule has 2 N–H and O–H groups in total. The lowest BCUT2D eigenvalue weighted by atomic mass is 10.2. The van der Waals surface area contributed by atoms with Crippen LogP contribution in [-0.4, -0.2) is 25.2 Å². The minimum atomic E-state index is -4.71. The average molecular weight is 407 g/mol. The summed E-state index contributed by atoms with van der Waals surface area (Å²) < 4.78 is 64.8. The van der Waals surface area contributed by atoms with E-state index in [0.717, 1.165) is 18.2 Å². The number of benzene rings is 2. The van der Waals surface area contributed by atoms with Crippen molar-refractivity contribution < 1.29 is 26.4 Å². The number of halogens is 4. The Labute approximate surface area is 153 Å². The number of hydrogen-bond acceptors (Lipinski definition) is 3. The molecule has 0 aliphatic carbocycles. The van der Waals surface area contributed by atoms with Crippen molar-refractivity contribution >= 4 is 27.5 Å². The summed E-state index contributed by atoms with van der Waals surface area (Å²) in [6.07, 6.45) is -4.71. The summed E-state index contributed by atoms with van der Waals surface area (Å²) >= 11 is 6.00. The summed E-state index contributed by atoms with van der Waals surface area (Å²) in [4.78, 5) is 10.7. The Kier molecular flexibility index (Phi) is 5.94. The van der Waals surface area contributed by atoms with Gasteiger partial charge in [-0.1, -0.05) is 35.9 Å². The van der Waals surface area contributed by atoms with E-state index in [2.05, 4.69) is 0 Å². The molecule has 0 radical (unpaired) electrons. The predicted molar refractivity (Wildman–Crippen MR) is 89.7 cm³/mol. The van der Waals surface area contributed by atoms with E-state index >= 15 is 0 Å². The van der Waals surface area contributed by atoms with Gasteiger partial charge in [-0.25, -0.2) is 8.42 Å². The van der Waals surface area contributed by atoms with Gasteiger partial charge < -0.3 is 5.73 Å². The molecule has 0 heterocycles. The second-order valence-electron chi connectivity index (χ2n) is 5.36. The number of nitrogens with zero attached hydrogens (tertiary/aromatic N) is 1. The molecule has 2 rings (SSSR count). The molecule has 140 valence electrons. The van der Waals surface area contributed by atoms with Crippen LogP contribution in [0.25, 0.3) is 0 Å². The van der Waals surface area contributed by atoms with Crippen molar-refractivity contribution in [1.29, 1.82) is 0 Å². The first-order chi connectivity index (χ1) is 12.0. The molecular weight excluding hydrogens is 393 g/mol. The Balaban J connectivity index is 2.46. The fourth-order valence-electron chi connectivity index (χ4n) is 2.20. The van der Waals surface area contributed by atoms with Crippen LogP contribution in [0.5, 0.6) is 0 Å². The quantitative estimate of drug-likeness (QED) is 0.800. The number of carbonyl (C=O) groups is 1. The minimum Gasteiger partial charge on any atom is -0.369 e. The van der Waals surface area contributed by atoms with Crippen LogP contribution in [0, 0.1) is 0 Å². The summed E-state index contributed by atoms with van der Waals surface area (Å²) in [5, 5.41) is 0.251. The molecular formula is C16H14ClF3N2O3S. The molecule has 26 heavy (non-hydrogen) atoms. The van der Waals surface area contributed by atoms with Gasteiger partial charge in [0, 0.05) is 11.6 Å². The topological polar surface area (TPSA) is 80.5 Å². The lowest BCUT2D eigenvalue weighted by molar-refractivity contribution is -0.137. The van der Waals surface area contributed by atoms with Crippen molar-refractivity contribution in [1.82, 2.24) is 4.31 Å². The second kappa shape index (κ2) is 7.65. The van der Waals surface area contributed by atoms with Gasteiger partial charge in [-0.3, -0.25) is 4.79 Å². The smallest absolute Gasteiger partial charge is 0.369 e. The predicted octanol–water partition coefficient (Wildman–Crippen LogP) is 3.04. The zero-order chi connectivity index (χ0) is 19.5. The summed E-state index contributed by atoms with van der Waals surface area (Å²) in [6.45, 7) is -1.02. The van der Waals surface area contributed by atoms with Gasteiger partial charge in [0.1, 0.15) is 0 Å². The lowest BCUT2D eigenvalue weighted by Crippen LogP contribution is -2.38. The third-order valence-electron chi connectivity index (χ3n) is 3.44. The number of rotatable bonds is 6. The molecule has 2 aromatic rings. The van der Waals surface area contributed by atoms with Crippen LogP contribution in [0.4, 0.5) is 13.2 Å². The number of primary amides is 1. The SMILES string of the molecule is NC(=O)CN(Cc1ccccc1Cl)S(=O)(=O)c1cccc(C(F)(F)F)c1. The number of carbonyl (C=O) groups excluding carboxylic acids is 1. The number of hydrogen-bond donors (Lipinski definition) is 1. The number of amides is 1. The van der Waals surface area contributed by atoms with E-state index in [4.69, 9.17) is 17.3 Å². The van der Waals surface area contributed by atoms with E-state index < -0.39 is 39.1 Å². The van der Waals surface area contributed by atoms with Crippen molar-refractivity contribution in [3.63, 3.8) is 0 Å². The number of sulfonamides is 1. The highest BCUT2D eigenvalue weighted by Crippen LogP contribution is 2.31. The summed E-state index contributed by atoms with van der Waals surface area (Å²) in [6, 6.07) is 9.57. The van der Waals surface area contributed by atoms with Gasteiger partial charge >= 0.3 is 6.18 Å². The first-order valence-corrected chi connectivity index (χ1v) is 9.03. The molecule has 0 saturated heterocycles. The first kappa shape index (κ1) is 20.2. The Hall–Kier alpha value is -2.10. The maximum atomic E-state index is 12.9. The van der Waals surface area contributed by atoms with Crippen molar-refractivity contribution in [3.8, 4) is 0 Å². The highest BCUT2D eigenvalue weighted by Gasteiger charge is 2.33.